The van der Waals surface area contributed by atoms with Gasteiger partial charge in [0.15, 0.2) is 6.10 Å². The van der Waals surface area contributed by atoms with Gasteiger partial charge in [-0.2, -0.15) is 0 Å². The fourth-order valence-electron chi connectivity index (χ4n) is 2.53. The Labute approximate surface area is 148 Å². The van der Waals surface area contributed by atoms with Crippen LogP contribution in [0, 0.1) is 0 Å². The topological polar surface area (TPSA) is 106 Å². The quantitative estimate of drug-likeness (QED) is 0.614. The summed E-state index contributed by atoms with van der Waals surface area (Å²) < 4.78 is 10.1. The number of hydrogen-bond donors (Lipinski definition) is 1. The van der Waals surface area contributed by atoms with Crippen LogP contribution in [0.4, 0.5) is 0 Å². The predicted octanol–water partition coefficient (Wildman–Crippen LogP) is 1.12. The molecule has 0 saturated carbocycles. The van der Waals surface area contributed by atoms with Crippen molar-refractivity contribution < 1.29 is 28.3 Å². The number of rotatable bonds is 6. The number of imide groups is 1. The van der Waals surface area contributed by atoms with E-state index in [-0.39, 0.29) is 17.7 Å². The van der Waals surface area contributed by atoms with Gasteiger partial charge in [-0.25, -0.2) is 0 Å². The fraction of sp³-hybridized carbons (Fsp3) is 0.222. The van der Waals surface area contributed by atoms with Crippen molar-refractivity contribution in [3.8, 4) is 0 Å². The summed E-state index contributed by atoms with van der Waals surface area (Å²) in [6.45, 7) is 1.01. The van der Waals surface area contributed by atoms with Crippen LogP contribution in [0.15, 0.2) is 47.1 Å². The number of furan rings is 1. The summed E-state index contributed by atoms with van der Waals surface area (Å²) in [7, 11) is 0. The number of amides is 3. The number of benzene rings is 1. The van der Waals surface area contributed by atoms with Crippen molar-refractivity contribution in [2.24, 2.45) is 0 Å². The Morgan fingerprint density at radius 3 is 2.35 bits per heavy atom. The monoisotopic (exact) mass is 356 g/mol. The zero-order valence-electron chi connectivity index (χ0n) is 13.9. The molecule has 1 atom stereocenters. The maximum atomic E-state index is 12.2. The Kier molecular flexibility index (Phi) is 4.83. The molecule has 8 nitrogen and oxygen atoms in total. The lowest BCUT2D eigenvalue weighted by molar-refractivity contribution is -0.155. The summed E-state index contributed by atoms with van der Waals surface area (Å²) in [6, 6.07) is 9.69. The van der Waals surface area contributed by atoms with Crippen LogP contribution in [-0.2, 0) is 20.9 Å². The molecule has 1 aliphatic heterocycles. The van der Waals surface area contributed by atoms with Crippen LogP contribution in [-0.4, -0.2) is 41.2 Å². The van der Waals surface area contributed by atoms with Gasteiger partial charge >= 0.3 is 5.97 Å². The summed E-state index contributed by atoms with van der Waals surface area (Å²) in [5.74, 6) is -1.92. The van der Waals surface area contributed by atoms with Crippen LogP contribution >= 0.6 is 0 Å². The molecule has 1 aromatic carbocycles. The number of ether oxygens (including phenoxy) is 1. The van der Waals surface area contributed by atoms with Crippen LogP contribution < -0.4 is 5.32 Å². The van der Waals surface area contributed by atoms with Crippen molar-refractivity contribution in [2.45, 2.75) is 19.6 Å². The van der Waals surface area contributed by atoms with Crippen molar-refractivity contribution in [1.29, 1.82) is 0 Å². The molecule has 0 bridgehead atoms. The molecule has 3 amide bonds. The molecule has 134 valence electrons. The number of carbonyl (C=O) groups excluding carboxylic acids is 4. The van der Waals surface area contributed by atoms with Crippen LogP contribution in [0.5, 0.6) is 0 Å². The molecule has 8 heteroatoms. The fourth-order valence-corrected chi connectivity index (χ4v) is 2.53. The molecule has 0 saturated heterocycles. The SMILES string of the molecule is CC(OC(=O)CN1C(=O)c2ccccc2C1=O)C(=O)NCc1ccco1. The van der Waals surface area contributed by atoms with Crippen molar-refractivity contribution in [3.63, 3.8) is 0 Å². The third-order valence-electron chi connectivity index (χ3n) is 3.86. The molecule has 1 aromatic heterocycles. The standard InChI is InChI=1S/C18H16N2O6/c1-11(16(22)19-9-12-5-4-8-25-12)26-15(21)10-20-17(23)13-6-2-3-7-14(13)18(20)24/h2-8,11H,9-10H2,1H3,(H,19,22). The predicted molar refractivity (Wildman–Crippen MR) is 87.9 cm³/mol. The van der Waals surface area contributed by atoms with Gasteiger partial charge in [0, 0.05) is 0 Å². The van der Waals surface area contributed by atoms with E-state index in [1.165, 1.54) is 25.3 Å². The van der Waals surface area contributed by atoms with Gasteiger partial charge in [-0.3, -0.25) is 24.1 Å². The molecule has 0 radical (unpaired) electrons. The van der Waals surface area contributed by atoms with Crippen LogP contribution in [0.1, 0.15) is 33.4 Å². The van der Waals surface area contributed by atoms with Crippen molar-refractivity contribution in [1.82, 2.24) is 10.2 Å². The van der Waals surface area contributed by atoms with E-state index in [9.17, 15) is 19.2 Å². The smallest absolute Gasteiger partial charge is 0.326 e. The average molecular weight is 356 g/mol. The molecule has 2 heterocycles. The van der Waals surface area contributed by atoms with Gasteiger partial charge in [0.25, 0.3) is 17.7 Å². The number of fused-ring (bicyclic) bond motifs is 1. The number of esters is 1. The molecule has 1 unspecified atom stereocenters. The van der Waals surface area contributed by atoms with E-state index in [4.69, 9.17) is 9.15 Å². The lowest BCUT2D eigenvalue weighted by atomic mass is 10.1. The zero-order valence-corrected chi connectivity index (χ0v) is 13.9. The summed E-state index contributed by atoms with van der Waals surface area (Å²) in [4.78, 5) is 49.2. The van der Waals surface area contributed by atoms with E-state index in [0.717, 1.165) is 4.90 Å². The van der Waals surface area contributed by atoms with Gasteiger partial charge < -0.3 is 14.5 Å². The van der Waals surface area contributed by atoms with Crippen LogP contribution in [0.25, 0.3) is 0 Å². The highest BCUT2D eigenvalue weighted by atomic mass is 16.5. The largest absolute Gasteiger partial charge is 0.467 e. The van der Waals surface area contributed by atoms with E-state index < -0.39 is 36.3 Å². The summed E-state index contributed by atoms with van der Waals surface area (Å²) >= 11 is 0. The third-order valence-corrected chi connectivity index (χ3v) is 3.86. The Bertz CT molecular complexity index is 823. The second-order valence-corrected chi connectivity index (χ2v) is 5.67. The lowest BCUT2D eigenvalue weighted by Gasteiger charge is -2.16. The zero-order chi connectivity index (χ0) is 18.7. The molecule has 1 N–H and O–H groups in total. The van der Waals surface area contributed by atoms with E-state index in [0.29, 0.717) is 5.76 Å². The molecule has 3 rings (SSSR count). The van der Waals surface area contributed by atoms with Gasteiger partial charge in [-0.1, -0.05) is 12.1 Å². The maximum Gasteiger partial charge on any atom is 0.326 e. The highest BCUT2D eigenvalue weighted by molar-refractivity contribution is 6.22. The Morgan fingerprint density at radius 1 is 1.12 bits per heavy atom. The summed E-state index contributed by atoms with van der Waals surface area (Å²) in [6.07, 6.45) is 0.403. The molecular formula is C18H16N2O6. The average Bonchev–Trinajstić information content (AvgIpc) is 3.23. The van der Waals surface area contributed by atoms with E-state index >= 15 is 0 Å². The van der Waals surface area contributed by atoms with E-state index in [2.05, 4.69) is 5.32 Å². The van der Waals surface area contributed by atoms with Gasteiger partial charge in [0.2, 0.25) is 0 Å². The van der Waals surface area contributed by atoms with Crippen LogP contribution in [0.3, 0.4) is 0 Å². The highest BCUT2D eigenvalue weighted by Gasteiger charge is 2.37. The molecule has 1 aliphatic rings. The normalized spacial score (nSPS) is 14.1. The molecule has 2 aromatic rings. The first-order valence-electron chi connectivity index (χ1n) is 7.92. The van der Waals surface area contributed by atoms with E-state index in [1.807, 2.05) is 0 Å². The summed E-state index contributed by atoms with van der Waals surface area (Å²) in [5.41, 5.74) is 0.490. The van der Waals surface area contributed by atoms with Gasteiger partial charge in [-0.05, 0) is 31.2 Å². The second-order valence-electron chi connectivity index (χ2n) is 5.67. The maximum absolute atomic E-state index is 12.2. The molecule has 0 fully saturated rings. The highest BCUT2D eigenvalue weighted by Crippen LogP contribution is 2.22. The van der Waals surface area contributed by atoms with Gasteiger partial charge in [-0.15, -0.1) is 0 Å². The minimum Gasteiger partial charge on any atom is -0.467 e. The Morgan fingerprint density at radius 2 is 1.77 bits per heavy atom. The molecule has 26 heavy (non-hydrogen) atoms. The van der Waals surface area contributed by atoms with Gasteiger partial charge in [0.05, 0.1) is 23.9 Å². The Hall–Kier alpha value is -3.42. The lowest BCUT2D eigenvalue weighted by Crippen LogP contribution is -2.40. The van der Waals surface area contributed by atoms with Crippen molar-refractivity contribution in [3.05, 3.63) is 59.5 Å². The number of carbonyl (C=O) groups is 4. The molecular weight excluding hydrogens is 340 g/mol. The molecule has 0 aliphatic carbocycles. The number of hydrogen-bond acceptors (Lipinski definition) is 6. The number of nitrogens with zero attached hydrogens (tertiary/aromatic N) is 1. The minimum absolute atomic E-state index is 0.159. The number of nitrogens with one attached hydrogen (secondary N) is 1. The first-order valence-corrected chi connectivity index (χ1v) is 7.92. The van der Waals surface area contributed by atoms with E-state index in [1.54, 1.807) is 24.3 Å². The summed E-state index contributed by atoms with van der Waals surface area (Å²) in [5, 5.41) is 2.56. The first kappa shape index (κ1) is 17.4. The first-order chi connectivity index (χ1) is 12.5. The van der Waals surface area contributed by atoms with Crippen molar-refractivity contribution in [2.75, 3.05) is 6.54 Å². The minimum atomic E-state index is -1.08. The third kappa shape index (κ3) is 3.49. The second kappa shape index (κ2) is 7.22. The Balaban J connectivity index is 1.53. The van der Waals surface area contributed by atoms with Gasteiger partial charge in [0.1, 0.15) is 12.3 Å². The molecule has 0 spiro atoms. The van der Waals surface area contributed by atoms with Crippen LogP contribution in [0.2, 0.25) is 0 Å². The van der Waals surface area contributed by atoms with Crippen molar-refractivity contribution >= 4 is 23.7 Å².